The van der Waals surface area contributed by atoms with Crippen molar-refractivity contribution in [3.63, 3.8) is 0 Å². The van der Waals surface area contributed by atoms with E-state index in [4.69, 9.17) is 0 Å². The highest BCUT2D eigenvalue weighted by atomic mass is 127. The third-order valence-corrected chi connectivity index (χ3v) is 5.57. The Morgan fingerprint density at radius 1 is 0.955 bits per heavy atom. The van der Waals surface area contributed by atoms with Gasteiger partial charge in [0.1, 0.15) is 0 Å². The van der Waals surface area contributed by atoms with E-state index in [1.54, 1.807) is 5.56 Å². The summed E-state index contributed by atoms with van der Waals surface area (Å²) in [5.74, 6) is 0.863. The SMILES string of the molecule is Cl.Cl.Ic1ccc([C@@H](C2CCCCC2)N2CCNCC2)cc1. The van der Waals surface area contributed by atoms with E-state index in [0.717, 1.165) is 19.0 Å². The van der Waals surface area contributed by atoms with Gasteiger partial charge < -0.3 is 5.32 Å². The van der Waals surface area contributed by atoms with Crippen LogP contribution >= 0.6 is 47.4 Å². The summed E-state index contributed by atoms with van der Waals surface area (Å²) < 4.78 is 1.34. The van der Waals surface area contributed by atoms with Crippen molar-refractivity contribution < 1.29 is 0 Å². The first-order chi connectivity index (χ1) is 9.84. The van der Waals surface area contributed by atoms with Crippen molar-refractivity contribution in [2.45, 2.75) is 38.1 Å². The van der Waals surface area contributed by atoms with Crippen LogP contribution in [0.15, 0.2) is 24.3 Å². The van der Waals surface area contributed by atoms with E-state index >= 15 is 0 Å². The van der Waals surface area contributed by atoms with Gasteiger partial charge in [-0.25, -0.2) is 0 Å². The molecule has 1 aliphatic heterocycles. The molecule has 0 bridgehead atoms. The Hall–Kier alpha value is 0.450. The zero-order chi connectivity index (χ0) is 13.8. The minimum absolute atomic E-state index is 0. The predicted octanol–water partition coefficient (Wildman–Crippen LogP) is 4.66. The second-order valence-corrected chi connectivity index (χ2v) is 7.43. The van der Waals surface area contributed by atoms with Crippen LogP contribution < -0.4 is 5.32 Å². The van der Waals surface area contributed by atoms with Gasteiger partial charge in [0.15, 0.2) is 0 Å². The molecular weight excluding hydrogens is 430 g/mol. The summed E-state index contributed by atoms with van der Waals surface area (Å²) in [6.45, 7) is 4.70. The van der Waals surface area contributed by atoms with E-state index in [2.05, 4.69) is 57.1 Å². The summed E-state index contributed by atoms with van der Waals surface area (Å²) in [4.78, 5) is 2.73. The molecule has 2 nitrogen and oxygen atoms in total. The Bertz CT molecular complexity index is 397. The summed E-state index contributed by atoms with van der Waals surface area (Å²) in [6, 6.07) is 9.92. The Morgan fingerprint density at radius 2 is 1.55 bits per heavy atom. The molecule has 2 fully saturated rings. The molecule has 1 saturated heterocycles. The lowest BCUT2D eigenvalue weighted by molar-refractivity contribution is 0.103. The van der Waals surface area contributed by atoms with E-state index < -0.39 is 0 Å². The van der Waals surface area contributed by atoms with Gasteiger partial charge in [-0.1, -0.05) is 31.4 Å². The first kappa shape index (κ1) is 20.5. The summed E-state index contributed by atoms with van der Waals surface area (Å²) >= 11 is 2.41. The number of piperazine rings is 1. The first-order valence-electron chi connectivity index (χ1n) is 8.05. The summed E-state index contributed by atoms with van der Waals surface area (Å²) in [7, 11) is 0. The topological polar surface area (TPSA) is 15.3 Å². The number of benzene rings is 1. The van der Waals surface area contributed by atoms with Crippen molar-refractivity contribution in [2.24, 2.45) is 5.92 Å². The maximum Gasteiger partial charge on any atom is 0.0377 e. The van der Waals surface area contributed by atoms with Crippen molar-refractivity contribution in [1.29, 1.82) is 0 Å². The van der Waals surface area contributed by atoms with Crippen LogP contribution in [-0.2, 0) is 0 Å². The van der Waals surface area contributed by atoms with E-state index in [1.807, 2.05) is 0 Å². The van der Waals surface area contributed by atoms with Crippen LogP contribution in [0.4, 0.5) is 0 Å². The molecule has 5 heteroatoms. The molecule has 1 aromatic rings. The average molecular weight is 457 g/mol. The monoisotopic (exact) mass is 456 g/mol. The molecule has 0 aromatic heterocycles. The number of nitrogens with one attached hydrogen (secondary N) is 1. The Morgan fingerprint density at radius 3 is 2.14 bits per heavy atom. The van der Waals surface area contributed by atoms with Crippen LogP contribution in [0.3, 0.4) is 0 Å². The van der Waals surface area contributed by atoms with Gasteiger partial charge in [-0.2, -0.15) is 0 Å². The lowest BCUT2D eigenvalue weighted by atomic mass is 9.80. The smallest absolute Gasteiger partial charge is 0.0377 e. The maximum atomic E-state index is 3.49. The van der Waals surface area contributed by atoms with Crippen molar-refractivity contribution >= 4 is 47.4 Å². The summed E-state index contributed by atoms with van der Waals surface area (Å²) in [6.07, 6.45) is 7.13. The zero-order valence-electron chi connectivity index (χ0n) is 13.0. The number of hydrogen-bond donors (Lipinski definition) is 1. The molecule has 22 heavy (non-hydrogen) atoms. The molecule has 1 atom stereocenters. The fourth-order valence-electron chi connectivity index (χ4n) is 3.85. The standard InChI is InChI=1S/C17H25IN2.2ClH/c18-16-8-6-15(7-9-16)17(14-4-2-1-3-5-14)20-12-10-19-11-13-20;;/h6-9,14,17,19H,1-5,10-13H2;2*1H/t17-;;/m1../s1. The highest BCUT2D eigenvalue weighted by Crippen LogP contribution is 2.38. The average Bonchev–Trinajstić information content (AvgIpc) is 2.52. The normalized spacial score (nSPS) is 21.5. The molecular formula is C17H27Cl2IN2. The largest absolute Gasteiger partial charge is 0.314 e. The lowest BCUT2D eigenvalue weighted by Gasteiger charge is -2.41. The van der Waals surface area contributed by atoms with E-state index in [0.29, 0.717) is 6.04 Å². The van der Waals surface area contributed by atoms with Crippen LogP contribution in [0.5, 0.6) is 0 Å². The molecule has 0 unspecified atom stereocenters. The van der Waals surface area contributed by atoms with Crippen molar-refractivity contribution in [2.75, 3.05) is 26.2 Å². The highest BCUT2D eigenvalue weighted by molar-refractivity contribution is 14.1. The fraction of sp³-hybridized carbons (Fsp3) is 0.647. The molecule has 0 spiro atoms. The zero-order valence-corrected chi connectivity index (χ0v) is 16.8. The molecule has 0 radical (unpaired) electrons. The van der Waals surface area contributed by atoms with Gasteiger partial charge >= 0.3 is 0 Å². The third kappa shape index (κ3) is 5.23. The summed E-state index contributed by atoms with van der Waals surface area (Å²) in [5.41, 5.74) is 1.54. The molecule has 2 aliphatic rings. The molecule has 1 saturated carbocycles. The molecule has 1 N–H and O–H groups in total. The first-order valence-corrected chi connectivity index (χ1v) is 9.13. The number of nitrogens with zero attached hydrogens (tertiary/aromatic N) is 1. The minimum atomic E-state index is 0. The van der Waals surface area contributed by atoms with Crippen LogP contribution in [0.25, 0.3) is 0 Å². The lowest BCUT2D eigenvalue weighted by Crippen LogP contribution is -2.47. The molecule has 0 amide bonds. The molecule has 3 rings (SSSR count). The van der Waals surface area contributed by atoms with Crippen LogP contribution in [0.1, 0.15) is 43.7 Å². The Balaban J connectivity index is 0.00000121. The highest BCUT2D eigenvalue weighted by Gasteiger charge is 2.30. The van der Waals surface area contributed by atoms with E-state index in [-0.39, 0.29) is 24.8 Å². The quantitative estimate of drug-likeness (QED) is 0.665. The van der Waals surface area contributed by atoms with Crippen molar-refractivity contribution in [3.8, 4) is 0 Å². The molecule has 1 aliphatic carbocycles. The van der Waals surface area contributed by atoms with Gasteiger partial charge in [0.2, 0.25) is 0 Å². The Kier molecular flexibility index (Phi) is 9.64. The van der Waals surface area contributed by atoms with Gasteiger partial charge in [0.05, 0.1) is 0 Å². The van der Waals surface area contributed by atoms with Gasteiger partial charge in [-0.05, 0) is 59.0 Å². The summed E-state index contributed by atoms with van der Waals surface area (Å²) in [5, 5.41) is 3.49. The van der Waals surface area contributed by atoms with Gasteiger partial charge in [-0.3, -0.25) is 4.90 Å². The fourth-order valence-corrected chi connectivity index (χ4v) is 4.21. The number of halogens is 3. The second kappa shape index (κ2) is 10.3. The Labute approximate surface area is 160 Å². The number of rotatable bonds is 3. The van der Waals surface area contributed by atoms with Crippen LogP contribution in [0, 0.1) is 9.49 Å². The maximum absolute atomic E-state index is 3.49. The van der Waals surface area contributed by atoms with Gasteiger partial charge in [0.25, 0.3) is 0 Å². The van der Waals surface area contributed by atoms with E-state index in [9.17, 15) is 0 Å². The minimum Gasteiger partial charge on any atom is -0.314 e. The van der Waals surface area contributed by atoms with Gasteiger partial charge in [0, 0.05) is 35.8 Å². The molecule has 1 aromatic carbocycles. The number of hydrogen-bond acceptors (Lipinski definition) is 2. The predicted molar refractivity (Wildman–Crippen MR) is 107 cm³/mol. The molecule has 1 heterocycles. The van der Waals surface area contributed by atoms with E-state index in [1.165, 1.54) is 48.8 Å². The van der Waals surface area contributed by atoms with Crippen LogP contribution in [-0.4, -0.2) is 31.1 Å². The van der Waals surface area contributed by atoms with Crippen LogP contribution in [0.2, 0.25) is 0 Å². The van der Waals surface area contributed by atoms with Crippen molar-refractivity contribution in [1.82, 2.24) is 10.2 Å². The molecule has 126 valence electrons. The van der Waals surface area contributed by atoms with Gasteiger partial charge in [-0.15, -0.1) is 24.8 Å². The second-order valence-electron chi connectivity index (χ2n) is 6.18. The van der Waals surface area contributed by atoms with Crippen molar-refractivity contribution in [3.05, 3.63) is 33.4 Å². The third-order valence-electron chi connectivity index (χ3n) is 4.85.